The number of hydrogen-bond acceptors (Lipinski definition) is 5. The Balaban J connectivity index is 2.51. The zero-order valence-corrected chi connectivity index (χ0v) is 9.36. The van der Waals surface area contributed by atoms with E-state index in [0.717, 1.165) is 12.7 Å². The molecule has 1 unspecified atom stereocenters. The molecule has 0 aliphatic heterocycles. The molecule has 0 bridgehead atoms. The highest BCUT2D eigenvalue weighted by atomic mass is 16.4. The van der Waals surface area contributed by atoms with E-state index in [-0.39, 0.29) is 18.3 Å². The molecule has 90 valence electrons. The summed E-state index contributed by atoms with van der Waals surface area (Å²) < 4.78 is 4.89. The monoisotopic (exact) mass is 228 g/mol. The normalized spacial score (nSPS) is 14.4. The highest BCUT2D eigenvalue weighted by molar-refractivity contribution is 5.85. The van der Waals surface area contributed by atoms with Crippen LogP contribution in [-0.2, 0) is 0 Å². The van der Waals surface area contributed by atoms with Gasteiger partial charge in [0, 0.05) is 6.54 Å². The van der Waals surface area contributed by atoms with Crippen molar-refractivity contribution >= 4 is 12.0 Å². The molecule has 0 fully saturated rings. The summed E-state index contributed by atoms with van der Waals surface area (Å²) in [5, 5.41) is 21.2. The number of carboxylic acid groups (broad SMARTS) is 1. The van der Waals surface area contributed by atoms with Crippen molar-refractivity contribution < 1.29 is 19.4 Å². The maximum Gasteiger partial charge on any atom is 0.357 e. The van der Waals surface area contributed by atoms with Crippen molar-refractivity contribution in [3.8, 4) is 0 Å². The average Bonchev–Trinajstić information content (AvgIpc) is 2.63. The lowest BCUT2D eigenvalue weighted by atomic mass is 10.0. The van der Waals surface area contributed by atoms with E-state index in [2.05, 4.69) is 10.3 Å². The quantitative estimate of drug-likeness (QED) is 0.680. The second-order valence-electron chi connectivity index (χ2n) is 3.94. The molecule has 16 heavy (non-hydrogen) atoms. The molecule has 0 saturated carbocycles. The van der Waals surface area contributed by atoms with E-state index in [9.17, 15) is 9.90 Å². The van der Waals surface area contributed by atoms with Crippen LogP contribution in [0.4, 0.5) is 6.01 Å². The van der Waals surface area contributed by atoms with Crippen LogP contribution in [0, 0.1) is 0 Å². The Morgan fingerprint density at radius 2 is 2.38 bits per heavy atom. The molecule has 0 aliphatic carbocycles. The summed E-state index contributed by atoms with van der Waals surface area (Å²) in [5.74, 6) is -1.14. The number of nitrogens with zero attached hydrogens (tertiary/aromatic N) is 1. The number of aromatic carboxylic acids is 1. The standard InChI is InChI=1S/C10H16N2O4/c1-3-4-10(2,15)6-11-9-12-7(5-16-9)8(13)14/h5,15H,3-4,6H2,1-2H3,(H,11,12)(H,13,14). The lowest BCUT2D eigenvalue weighted by Crippen LogP contribution is -2.33. The van der Waals surface area contributed by atoms with Gasteiger partial charge in [-0.25, -0.2) is 4.79 Å². The van der Waals surface area contributed by atoms with Gasteiger partial charge in [0.05, 0.1) is 5.60 Å². The van der Waals surface area contributed by atoms with Gasteiger partial charge in [-0.3, -0.25) is 0 Å². The van der Waals surface area contributed by atoms with Crippen molar-refractivity contribution in [2.45, 2.75) is 32.3 Å². The number of carbonyl (C=O) groups is 1. The first kappa shape index (κ1) is 12.5. The van der Waals surface area contributed by atoms with Crippen molar-refractivity contribution in [3.63, 3.8) is 0 Å². The summed E-state index contributed by atoms with van der Waals surface area (Å²) in [5.41, 5.74) is -1.01. The van der Waals surface area contributed by atoms with E-state index in [0.29, 0.717) is 6.42 Å². The minimum absolute atomic E-state index is 0.105. The summed E-state index contributed by atoms with van der Waals surface area (Å²) in [4.78, 5) is 14.2. The van der Waals surface area contributed by atoms with Gasteiger partial charge in [0.15, 0.2) is 5.69 Å². The van der Waals surface area contributed by atoms with Gasteiger partial charge in [-0.05, 0) is 13.3 Å². The Kier molecular flexibility index (Phi) is 3.89. The first-order chi connectivity index (χ1) is 7.44. The highest BCUT2D eigenvalue weighted by Crippen LogP contribution is 2.14. The van der Waals surface area contributed by atoms with E-state index in [1.165, 1.54) is 0 Å². The number of carboxylic acids is 1. The van der Waals surface area contributed by atoms with E-state index in [1.54, 1.807) is 6.92 Å². The second kappa shape index (κ2) is 4.98. The molecule has 0 saturated heterocycles. The Morgan fingerprint density at radius 3 is 2.88 bits per heavy atom. The molecule has 1 atom stereocenters. The van der Waals surface area contributed by atoms with Gasteiger partial charge >= 0.3 is 5.97 Å². The molecule has 6 heteroatoms. The van der Waals surface area contributed by atoms with Crippen LogP contribution in [0.2, 0.25) is 0 Å². The highest BCUT2D eigenvalue weighted by Gasteiger charge is 2.20. The van der Waals surface area contributed by atoms with Gasteiger partial charge in [-0.1, -0.05) is 13.3 Å². The lowest BCUT2D eigenvalue weighted by Gasteiger charge is -2.22. The van der Waals surface area contributed by atoms with E-state index in [4.69, 9.17) is 9.52 Å². The second-order valence-corrected chi connectivity index (χ2v) is 3.94. The topological polar surface area (TPSA) is 95.6 Å². The largest absolute Gasteiger partial charge is 0.476 e. The molecule has 0 aromatic carbocycles. The number of rotatable bonds is 6. The Hall–Kier alpha value is -1.56. The van der Waals surface area contributed by atoms with Crippen LogP contribution < -0.4 is 5.32 Å². The zero-order valence-electron chi connectivity index (χ0n) is 9.36. The number of aliphatic hydroxyl groups is 1. The average molecular weight is 228 g/mol. The SMILES string of the molecule is CCCC(C)(O)CNc1nc(C(=O)O)co1. The zero-order chi connectivity index (χ0) is 12.2. The van der Waals surface area contributed by atoms with Gasteiger partial charge in [-0.15, -0.1) is 0 Å². The molecular weight excluding hydrogens is 212 g/mol. The Bertz CT molecular complexity index is 359. The Morgan fingerprint density at radius 1 is 1.69 bits per heavy atom. The molecule has 0 spiro atoms. The minimum atomic E-state index is -1.14. The summed E-state index contributed by atoms with van der Waals surface area (Å²) in [6.07, 6.45) is 2.56. The third kappa shape index (κ3) is 3.54. The predicted molar refractivity (Wildman–Crippen MR) is 57.5 cm³/mol. The molecule has 6 nitrogen and oxygen atoms in total. The van der Waals surface area contributed by atoms with E-state index in [1.807, 2.05) is 6.92 Å². The predicted octanol–water partition coefficient (Wildman–Crippen LogP) is 1.34. The van der Waals surface area contributed by atoms with Gasteiger partial charge in [-0.2, -0.15) is 4.98 Å². The molecule has 0 aliphatic rings. The fourth-order valence-electron chi connectivity index (χ4n) is 1.35. The van der Waals surface area contributed by atoms with Gasteiger partial charge in [0.1, 0.15) is 6.26 Å². The number of hydrogen-bond donors (Lipinski definition) is 3. The van der Waals surface area contributed by atoms with Crippen molar-refractivity contribution in [1.29, 1.82) is 0 Å². The molecule has 1 aromatic rings. The number of oxazole rings is 1. The number of aromatic nitrogens is 1. The van der Waals surface area contributed by atoms with Crippen LogP contribution in [0.1, 0.15) is 37.2 Å². The molecule has 1 rings (SSSR count). The third-order valence-corrected chi connectivity index (χ3v) is 2.13. The molecule has 0 radical (unpaired) electrons. The summed E-state index contributed by atoms with van der Waals surface area (Å²) >= 11 is 0. The fourth-order valence-corrected chi connectivity index (χ4v) is 1.35. The molecule has 1 heterocycles. The maximum absolute atomic E-state index is 10.5. The van der Waals surface area contributed by atoms with Crippen LogP contribution in [0.5, 0.6) is 0 Å². The summed E-state index contributed by atoms with van der Waals surface area (Å²) in [6.45, 7) is 3.94. The first-order valence-corrected chi connectivity index (χ1v) is 5.09. The van der Waals surface area contributed by atoms with Crippen molar-refractivity contribution in [1.82, 2.24) is 4.98 Å². The van der Waals surface area contributed by atoms with Gasteiger partial charge in [0.2, 0.25) is 0 Å². The van der Waals surface area contributed by atoms with Crippen LogP contribution in [0.3, 0.4) is 0 Å². The lowest BCUT2D eigenvalue weighted by molar-refractivity contribution is 0.0631. The van der Waals surface area contributed by atoms with Crippen molar-refractivity contribution in [2.24, 2.45) is 0 Å². The molecular formula is C10H16N2O4. The first-order valence-electron chi connectivity index (χ1n) is 5.09. The summed E-state index contributed by atoms with van der Waals surface area (Å²) in [6, 6.07) is 0.105. The van der Waals surface area contributed by atoms with Crippen molar-refractivity contribution in [3.05, 3.63) is 12.0 Å². The van der Waals surface area contributed by atoms with Crippen LogP contribution in [0.25, 0.3) is 0 Å². The van der Waals surface area contributed by atoms with Crippen LogP contribution in [0.15, 0.2) is 10.7 Å². The van der Waals surface area contributed by atoms with Crippen molar-refractivity contribution in [2.75, 3.05) is 11.9 Å². The molecule has 0 amide bonds. The smallest absolute Gasteiger partial charge is 0.357 e. The number of anilines is 1. The molecule has 1 aromatic heterocycles. The van der Waals surface area contributed by atoms with E-state index < -0.39 is 11.6 Å². The Labute approximate surface area is 93.3 Å². The minimum Gasteiger partial charge on any atom is -0.476 e. The van der Waals surface area contributed by atoms with Gasteiger partial charge in [0.25, 0.3) is 6.01 Å². The maximum atomic E-state index is 10.5. The van der Waals surface area contributed by atoms with Gasteiger partial charge < -0.3 is 19.9 Å². The fraction of sp³-hybridized carbons (Fsp3) is 0.600. The third-order valence-electron chi connectivity index (χ3n) is 2.13. The van der Waals surface area contributed by atoms with E-state index >= 15 is 0 Å². The molecule has 3 N–H and O–H groups in total. The van der Waals surface area contributed by atoms with Crippen LogP contribution >= 0.6 is 0 Å². The van der Waals surface area contributed by atoms with Crippen LogP contribution in [-0.4, -0.2) is 33.3 Å². The summed E-state index contributed by atoms with van der Waals surface area (Å²) in [7, 11) is 0. The number of nitrogens with one attached hydrogen (secondary N) is 1.